The van der Waals surface area contributed by atoms with Crippen molar-refractivity contribution in [3.63, 3.8) is 0 Å². The Bertz CT molecular complexity index is 886. The molecule has 2 aromatic heterocycles. The van der Waals surface area contributed by atoms with Crippen LogP contribution >= 0.6 is 11.8 Å². The molecule has 0 saturated carbocycles. The van der Waals surface area contributed by atoms with Gasteiger partial charge in [0, 0.05) is 31.2 Å². The second-order valence-corrected chi connectivity index (χ2v) is 7.59. The number of aromatic nitrogens is 5. The molecule has 1 aromatic carbocycles. The highest BCUT2D eigenvalue weighted by atomic mass is 32.2. The van der Waals surface area contributed by atoms with Gasteiger partial charge in [-0.2, -0.15) is 0 Å². The van der Waals surface area contributed by atoms with Crippen molar-refractivity contribution in [2.75, 3.05) is 12.3 Å². The summed E-state index contributed by atoms with van der Waals surface area (Å²) in [5, 5.41) is 11.8. The molecule has 3 rings (SSSR count). The molecule has 1 N–H and O–H groups in total. The Labute approximate surface area is 163 Å². The summed E-state index contributed by atoms with van der Waals surface area (Å²) in [7, 11) is 0. The zero-order chi connectivity index (χ0) is 19.2. The van der Waals surface area contributed by atoms with E-state index < -0.39 is 0 Å². The fourth-order valence-electron chi connectivity index (χ4n) is 2.67. The summed E-state index contributed by atoms with van der Waals surface area (Å²) in [4.78, 5) is 16.4. The van der Waals surface area contributed by atoms with Crippen molar-refractivity contribution in [3.05, 3.63) is 54.4 Å². The summed E-state index contributed by atoms with van der Waals surface area (Å²) in [6.07, 6.45) is 5.42. The zero-order valence-corrected chi connectivity index (χ0v) is 16.6. The lowest BCUT2D eigenvalue weighted by atomic mass is 10.2. The SMILES string of the molecule is Cc1ccc(-n2cnnc2SCC(=O)NCC(C)Cn2ccnc2C)cc1. The van der Waals surface area contributed by atoms with Crippen LogP contribution < -0.4 is 5.32 Å². The fraction of sp³-hybridized carbons (Fsp3) is 0.368. The number of nitrogens with one attached hydrogen (secondary N) is 1. The highest BCUT2D eigenvalue weighted by Gasteiger charge is 2.11. The van der Waals surface area contributed by atoms with Crippen LogP contribution in [0, 0.1) is 19.8 Å². The number of aryl methyl sites for hydroxylation is 2. The van der Waals surface area contributed by atoms with Crippen molar-refractivity contribution in [1.82, 2.24) is 29.6 Å². The molecule has 2 heterocycles. The summed E-state index contributed by atoms with van der Waals surface area (Å²) in [6.45, 7) is 7.60. The lowest BCUT2D eigenvalue weighted by Gasteiger charge is -2.14. The number of carbonyl (C=O) groups excluding carboxylic acids is 1. The fourth-order valence-corrected chi connectivity index (χ4v) is 3.43. The average molecular weight is 385 g/mol. The van der Waals surface area contributed by atoms with Gasteiger partial charge in [-0.3, -0.25) is 9.36 Å². The summed E-state index contributed by atoms with van der Waals surface area (Å²) in [6, 6.07) is 8.12. The van der Waals surface area contributed by atoms with Gasteiger partial charge in [-0.15, -0.1) is 10.2 Å². The quantitative estimate of drug-likeness (QED) is 0.604. The first-order chi connectivity index (χ1) is 13.0. The van der Waals surface area contributed by atoms with Crippen molar-refractivity contribution in [2.45, 2.75) is 32.5 Å². The van der Waals surface area contributed by atoms with Gasteiger partial charge in [0.25, 0.3) is 0 Å². The highest BCUT2D eigenvalue weighted by Crippen LogP contribution is 2.19. The maximum absolute atomic E-state index is 12.2. The lowest BCUT2D eigenvalue weighted by Crippen LogP contribution is -2.31. The first-order valence-corrected chi connectivity index (χ1v) is 9.86. The van der Waals surface area contributed by atoms with Crippen LogP contribution in [-0.4, -0.2) is 42.5 Å². The van der Waals surface area contributed by atoms with E-state index in [0.29, 0.717) is 23.4 Å². The molecule has 142 valence electrons. The predicted octanol–water partition coefficient (Wildman–Crippen LogP) is 2.63. The van der Waals surface area contributed by atoms with Crippen LogP contribution in [-0.2, 0) is 11.3 Å². The predicted molar refractivity (Wildman–Crippen MR) is 106 cm³/mol. The van der Waals surface area contributed by atoms with Gasteiger partial charge in [-0.05, 0) is 31.9 Å². The Morgan fingerprint density at radius 2 is 2.04 bits per heavy atom. The van der Waals surface area contributed by atoms with E-state index in [-0.39, 0.29) is 5.91 Å². The number of rotatable bonds is 8. The number of thioether (sulfide) groups is 1. The van der Waals surface area contributed by atoms with Gasteiger partial charge in [0.15, 0.2) is 5.16 Å². The summed E-state index contributed by atoms with van der Waals surface area (Å²) >= 11 is 1.38. The van der Waals surface area contributed by atoms with Crippen LogP contribution in [0.5, 0.6) is 0 Å². The van der Waals surface area contributed by atoms with Gasteiger partial charge in [-0.1, -0.05) is 36.4 Å². The Kier molecular flexibility index (Phi) is 6.28. The second kappa shape index (κ2) is 8.85. The highest BCUT2D eigenvalue weighted by molar-refractivity contribution is 7.99. The van der Waals surface area contributed by atoms with Crippen LogP contribution in [0.3, 0.4) is 0 Å². The third kappa shape index (κ3) is 5.19. The van der Waals surface area contributed by atoms with Gasteiger partial charge in [0.1, 0.15) is 12.2 Å². The summed E-state index contributed by atoms with van der Waals surface area (Å²) in [5.41, 5.74) is 2.18. The van der Waals surface area contributed by atoms with E-state index in [2.05, 4.69) is 32.0 Å². The number of nitrogens with zero attached hydrogens (tertiary/aromatic N) is 5. The van der Waals surface area contributed by atoms with E-state index in [1.165, 1.54) is 17.3 Å². The molecule has 1 atom stereocenters. The maximum Gasteiger partial charge on any atom is 0.230 e. The molecule has 3 aromatic rings. The van der Waals surface area contributed by atoms with Crippen LogP contribution in [0.25, 0.3) is 5.69 Å². The Morgan fingerprint density at radius 3 is 2.74 bits per heavy atom. The van der Waals surface area contributed by atoms with E-state index in [0.717, 1.165) is 18.1 Å². The number of benzene rings is 1. The molecule has 0 saturated heterocycles. The Balaban J connectivity index is 1.48. The molecular formula is C19H24N6OS. The van der Waals surface area contributed by atoms with Crippen molar-refractivity contribution < 1.29 is 4.79 Å². The van der Waals surface area contributed by atoms with E-state index in [4.69, 9.17) is 0 Å². The Morgan fingerprint density at radius 1 is 1.26 bits per heavy atom. The van der Waals surface area contributed by atoms with Crippen LogP contribution in [0.2, 0.25) is 0 Å². The molecular weight excluding hydrogens is 360 g/mol. The van der Waals surface area contributed by atoms with Crippen LogP contribution in [0.4, 0.5) is 0 Å². The molecule has 27 heavy (non-hydrogen) atoms. The van der Waals surface area contributed by atoms with Gasteiger partial charge < -0.3 is 9.88 Å². The van der Waals surface area contributed by atoms with Crippen molar-refractivity contribution in [3.8, 4) is 5.69 Å². The molecule has 0 spiro atoms. The molecule has 0 aliphatic carbocycles. The molecule has 1 unspecified atom stereocenters. The topological polar surface area (TPSA) is 77.6 Å². The molecule has 0 aliphatic rings. The summed E-state index contributed by atoms with van der Waals surface area (Å²) in [5.74, 6) is 1.61. The van der Waals surface area contributed by atoms with Gasteiger partial charge in [0.2, 0.25) is 5.91 Å². The number of hydrogen-bond donors (Lipinski definition) is 1. The average Bonchev–Trinajstić information content (AvgIpc) is 3.28. The molecule has 8 heteroatoms. The van der Waals surface area contributed by atoms with E-state index in [1.54, 1.807) is 12.5 Å². The number of carbonyl (C=O) groups is 1. The third-order valence-electron chi connectivity index (χ3n) is 4.24. The number of hydrogen-bond acceptors (Lipinski definition) is 5. The van der Waals surface area contributed by atoms with Gasteiger partial charge in [-0.25, -0.2) is 4.98 Å². The van der Waals surface area contributed by atoms with E-state index in [9.17, 15) is 4.79 Å². The smallest absolute Gasteiger partial charge is 0.230 e. The monoisotopic (exact) mass is 384 g/mol. The zero-order valence-electron chi connectivity index (χ0n) is 15.8. The third-order valence-corrected chi connectivity index (χ3v) is 5.18. The van der Waals surface area contributed by atoms with Gasteiger partial charge in [0.05, 0.1) is 5.75 Å². The standard InChI is InChI=1S/C19H24N6OS/c1-14-4-6-17(7-5-14)25-13-22-23-19(25)27-12-18(26)21-10-15(2)11-24-9-8-20-16(24)3/h4-9,13,15H,10-12H2,1-3H3,(H,21,26). The van der Waals surface area contributed by atoms with Crippen LogP contribution in [0.1, 0.15) is 18.3 Å². The second-order valence-electron chi connectivity index (χ2n) is 6.64. The van der Waals surface area contributed by atoms with Crippen LogP contribution in [0.15, 0.2) is 48.1 Å². The van der Waals surface area contributed by atoms with Crippen molar-refractivity contribution in [1.29, 1.82) is 0 Å². The van der Waals surface area contributed by atoms with Gasteiger partial charge >= 0.3 is 0 Å². The molecule has 0 radical (unpaired) electrons. The first-order valence-electron chi connectivity index (χ1n) is 8.87. The van der Waals surface area contributed by atoms with Crippen molar-refractivity contribution in [2.24, 2.45) is 5.92 Å². The number of imidazole rings is 1. The minimum absolute atomic E-state index is 0.00680. The largest absolute Gasteiger partial charge is 0.355 e. The minimum Gasteiger partial charge on any atom is -0.355 e. The molecule has 1 amide bonds. The molecule has 7 nitrogen and oxygen atoms in total. The molecule has 0 bridgehead atoms. The number of amides is 1. The maximum atomic E-state index is 12.2. The Hall–Kier alpha value is -2.61. The first kappa shape index (κ1) is 19.2. The van der Waals surface area contributed by atoms with E-state index in [1.807, 2.05) is 48.9 Å². The summed E-state index contributed by atoms with van der Waals surface area (Å²) < 4.78 is 3.98. The lowest BCUT2D eigenvalue weighted by molar-refractivity contribution is -0.118. The van der Waals surface area contributed by atoms with E-state index >= 15 is 0 Å². The molecule has 0 fully saturated rings. The van der Waals surface area contributed by atoms with Crippen molar-refractivity contribution >= 4 is 17.7 Å². The normalized spacial score (nSPS) is 12.1. The minimum atomic E-state index is -0.00680. The molecule has 0 aliphatic heterocycles.